The van der Waals surface area contributed by atoms with Crippen LogP contribution in [0.1, 0.15) is 11.1 Å². The first kappa shape index (κ1) is 25.4. The quantitative estimate of drug-likeness (QED) is 0.366. The maximum atomic E-state index is 13.5. The highest BCUT2D eigenvalue weighted by Crippen LogP contribution is 2.29. The summed E-state index contributed by atoms with van der Waals surface area (Å²) in [4.78, 5) is 26.2. The summed E-state index contributed by atoms with van der Waals surface area (Å²) in [6.07, 6.45) is 0.296. The Morgan fingerprint density at radius 1 is 0.919 bits per heavy atom. The second-order valence-corrected chi connectivity index (χ2v) is 8.17. The number of hydrogen-bond donors (Lipinski definition) is 1. The number of methoxy groups -OCH3 is 3. The van der Waals surface area contributed by atoms with E-state index in [0.717, 1.165) is 10.2 Å². The molecule has 4 aromatic rings. The van der Waals surface area contributed by atoms with Crippen molar-refractivity contribution >= 4 is 11.6 Å². The molecule has 1 N–H and O–H groups in total. The first-order valence-corrected chi connectivity index (χ1v) is 11.4. The zero-order valence-corrected chi connectivity index (χ0v) is 20.7. The van der Waals surface area contributed by atoms with Gasteiger partial charge in [0.1, 0.15) is 18.1 Å². The number of benzene rings is 3. The van der Waals surface area contributed by atoms with Gasteiger partial charge in [0.15, 0.2) is 11.5 Å². The van der Waals surface area contributed by atoms with Crippen LogP contribution in [0.3, 0.4) is 0 Å². The van der Waals surface area contributed by atoms with Gasteiger partial charge in [-0.15, -0.1) is 0 Å². The van der Waals surface area contributed by atoms with Gasteiger partial charge in [-0.3, -0.25) is 9.59 Å². The molecule has 1 heterocycles. The van der Waals surface area contributed by atoms with E-state index in [4.69, 9.17) is 14.2 Å². The summed E-state index contributed by atoms with van der Waals surface area (Å²) < 4.78 is 30.4. The number of nitrogens with one attached hydrogen (secondary N) is 1. The number of anilines is 1. The van der Waals surface area contributed by atoms with Crippen molar-refractivity contribution in [1.82, 2.24) is 9.78 Å². The van der Waals surface area contributed by atoms with Crippen LogP contribution in [0.25, 0.3) is 11.3 Å². The van der Waals surface area contributed by atoms with E-state index in [1.54, 1.807) is 43.5 Å². The van der Waals surface area contributed by atoms with Crippen LogP contribution in [0.4, 0.5) is 10.1 Å². The number of halogens is 1. The van der Waals surface area contributed by atoms with E-state index in [2.05, 4.69) is 10.4 Å². The molecular weight excluding hydrogens is 477 g/mol. The summed E-state index contributed by atoms with van der Waals surface area (Å²) in [5.74, 6) is 0.801. The minimum absolute atomic E-state index is 0.296. The lowest BCUT2D eigenvalue weighted by Gasteiger charge is -2.13. The monoisotopic (exact) mass is 503 g/mol. The van der Waals surface area contributed by atoms with Crippen LogP contribution in [0, 0.1) is 5.82 Å². The molecule has 0 aliphatic heterocycles. The normalized spacial score (nSPS) is 10.6. The number of aromatic nitrogens is 2. The summed E-state index contributed by atoms with van der Waals surface area (Å²) in [6.45, 7) is -0.326. The molecule has 0 saturated carbocycles. The fourth-order valence-corrected chi connectivity index (χ4v) is 3.85. The minimum Gasteiger partial charge on any atom is -0.497 e. The molecule has 0 unspecified atom stereocenters. The van der Waals surface area contributed by atoms with Gasteiger partial charge in [0.05, 0.1) is 27.0 Å². The molecule has 1 amide bonds. The Balaban J connectivity index is 1.67. The van der Waals surface area contributed by atoms with Gasteiger partial charge in [0, 0.05) is 29.3 Å². The number of rotatable bonds is 9. The molecular formula is C28H26FN3O5. The summed E-state index contributed by atoms with van der Waals surface area (Å²) in [6, 6.07) is 19.8. The summed E-state index contributed by atoms with van der Waals surface area (Å²) >= 11 is 0. The molecule has 0 bridgehead atoms. The van der Waals surface area contributed by atoms with Crippen LogP contribution in [0.2, 0.25) is 0 Å². The predicted octanol–water partition coefficient (Wildman–Crippen LogP) is 4.30. The number of hydrogen-bond acceptors (Lipinski definition) is 6. The maximum absolute atomic E-state index is 13.5. The number of carbonyl (C=O) groups excluding carboxylic acids is 1. The smallest absolute Gasteiger partial charge is 0.270 e. The highest BCUT2D eigenvalue weighted by atomic mass is 19.1. The van der Waals surface area contributed by atoms with E-state index in [0.29, 0.717) is 46.2 Å². The van der Waals surface area contributed by atoms with Gasteiger partial charge in [-0.2, -0.15) is 5.10 Å². The fourth-order valence-electron chi connectivity index (χ4n) is 3.85. The average Bonchev–Trinajstić information content (AvgIpc) is 2.91. The zero-order chi connectivity index (χ0) is 26.4. The van der Waals surface area contributed by atoms with E-state index in [1.165, 1.54) is 26.4 Å². The average molecular weight is 504 g/mol. The molecule has 9 heteroatoms. The van der Waals surface area contributed by atoms with Crippen LogP contribution in [0.5, 0.6) is 17.2 Å². The second kappa shape index (κ2) is 11.4. The fraction of sp³-hybridized carbons (Fsp3) is 0.179. The van der Waals surface area contributed by atoms with E-state index in [-0.39, 0.29) is 12.4 Å². The predicted molar refractivity (Wildman–Crippen MR) is 138 cm³/mol. The standard InChI is InChI=1S/C28H26FN3O5/c1-35-23-6-4-5-18(14-23)13-20-15-24(19-7-9-21(29)10-8-19)31-32(28(20)34)17-27(33)30-22-11-12-25(36-2)26(16-22)37-3/h4-12,14-16H,13,17H2,1-3H3,(H,30,33). The summed E-state index contributed by atoms with van der Waals surface area (Å²) in [7, 11) is 4.59. The number of ether oxygens (including phenoxy) is 3. The summed E-state index contributed by atoms with van der Waals surface area (Å²) in [5, 5.41) is 7.16. The molecule has 3 aromatic carbocycles. The molecule has 0 saturated heterocycles. The van der Waals surface area contributed by atoms with Gasteiger partial charge in [0.25, 0.3) is 5.56 Å². The Hall–Kier alpha value is -4.66. The third-order valence-electron chi connectivity index (χ3n) is 5.68. The summed E-state index contributed by atoms with van der Waals surface area (Å²) in [5.41, 5.74) is 2.41. The third kappa shape index (κ3) is 6.13. The van der Waals surface area contributed by atoms with Gasteiger partial charge in [0.2, 0.25) is 5.91 Å². The van der Waals surface area contributed by atoms with Crippen molar-refractivity contribution in [2.45, 2.75) is 13.0 Å². The topological polar surface area (TPSA) is 91.7 Å². The highest BCUT2D eigenvalue weighted by Gasteiger charge is 2.15. The van der Waals surface area contributed by atoms with Crippen molar-refractivity contribution in [3.63, 3.8) is 0 Å². The largest absolute Gasteiger partial charge is 0.497 e. The number of nitrogens with zero attached hydrogens (tertiary/aromatic N) is 2. The Morgan fingerprint density at radius 3 is 2.38 bits per heavy atom. The SMILES string of the molecule is COc1cccc(Cc2cc(-c3ccc(F)cc3)nn(CC(=O)Nc3ccc(OC)c(OC)c3)c2=O)c1. The molecule has 190 valence electrons. The maximum Gasteiger partial charge on any atom is 0.270 e. The Kier molecular flexibility index (Phi) is 7.83. The van der Waals surface area contributed by atoms with Crippen molar-refractivity contribution < 1.29 is 23.4 Å². The van der Waals surface area contributed by atoms with Gasteiger partial charge in [-0.25, -0.2) is 9.07 Å². The van der Waals surface area contributed by atoms with Crippen LogP contribution < -0.4 is 25.1 Å². The molecule has 8 nitrogen and oxygen atoms in total. The van der Waals surface area contributed by atoms with Crippen molar-refractivity contribution in [2.75, 3.05) is 26.6 Å². The highest BCUT2D eigenvalue weighted by molar-refractivity contribution is 5.90. The number of carbonyl (C=O) groups is 1. The second-order valence-electron chi connectivity index (χ2n) is 8.17. The molecule has 0 fully saturated rings. The molecule has 0 aliphatic carbocycles. The lowest BCUT2D eigenvalue weighted by atomic mass is 10.0. The molecule has 37 heavy (non-hydrogen) atoms. The van der Waals surface area contributed by atoms with E-state index in [9.17, 15) is 14.0 Å². The van der Waals surface area contributed by atoms with Crippen molar-refractivity contribution in [3.05, 3.63) is 100 Å². The van der Waals surface area contributed by atoms with Gasteiger partial charge < -0.3 is 19.5 Å². The van der Waals surface area contributed by atoms with Gasteiger partial charge >= 0.3 is 0 Å². The van der Waals surface area contributed by atoms with Crippen molar-refractivity contribution in [1.29, 1.82) is 0 Å². The van der Waals surface area contributed by atoms with Crippen LogP contribution in [0.15, 0.2) is 77.6 Å². The first-order valence-electron chi connectivity index (χ1n) is 11.4. The molecule has 4 rings (SSSR count). The number of amides is 1. The van der Waals surface area contributed by atoms with Crippen molar-refractivity contribution in [2.24, 2.45) is 0 Å². The van der Waals surface area contributed by atoms with E-state index < -0.39 is 11.5 Å². The van der Waals surface area contributed by atoms with E-state index >= 15 is 0 Å². The Morgan fingerprint density at radius 2 is 1.68 bits per heavy atom. The molecule has 0 spiro atoms. The van der Waals surface area contributed by atoms with Gasteiger partial charge in [-0.05, 0) is 60.2 Å². The Bertz CT molecular complexity index is 1470. The van der Waals surface area contributed by atoms with Crippen LogP contribution in [-0.2, 0) is 17.8 Å². The molecule has 0 aliphatic rings. The Labute approximate surface area is 213 Å². The van der Waals surface area contributed by atoms with Crippen LogP contribution >= 0.6 is 0 Å². The first-order chi connectivity index (χ1) is 17.9. The molecule has 1 aromatic heterocycles. The van der Waals surface area contributed by atoms with E-state index in [1.807, 2.05) is 24.3 Å². The van der Waals surface area contributed by atoms with Gasteiger partial charge in [-0.1, -0.05) is 12.1 Å². The third-order valence-corrected chi connectivity index (χ3v) is 5.68. The minimum atomic E-state index is -0.453. The molecule has 0 atom stereocenters. The zero-order valence-electron chi connectivity index (χ0n) is 20.7. The molecule has 0 radical (unpaired) electrons. The van der Waals surface area contributed by atoms with Crippen molar-refractivity contribution in [3.8, 4) is 28.5 Å². The lowest BCUT2D eigenvalue weighted by Crippen LogP contribution is -2.32. The van der Waals surface area contributed by atoms with Crippen LogP contribution in [-0.4, -0.2) is 37.0 Å². The lowest BCUT2D eigenvalue weighted by molar-refractivity contribution is -0.117.